The van der Waals surface area contributed by atoms with Crippen molar-refractivity contribution in [2.45, 2.75) is 45.4 Å². The molecular weight excluding hydrogens is 551 g/mol. The van der Waals surface area contributed by atoms with E-state index >= 15 is 0 Å². The van der Waals surface area contributed by atoms with Crippen LogP contribution in [0.2, 0.25) is 3.63 Å². The Morgan fingerprint density at radius 3 is 2.15 bits per heavy atom. The fourth-order valence-electron chi connectivity index (χ4n) is 6.28. The molecule has 0 N–H and O–H groups in total. The molecular formula is C30H33Cl2SiZr. The predicted molar refractivity (Wildman–Crippen MR) is 150 cm³/mol. The zero-order valence-electron chi connectivity index (χ0n) is 19.8. The SMILES string of the molecule is CC[CH](CCC1C=Cc2ccccc21)[Zr]([Cl])([Cl])([SiH2]Cc1ccccc1)[CH]1C=Cc2ccccc21. The third-order valence-electron chi connectivity index (χ3n) is 8.22. The van der Waals surface area contributed by atoms with Gasteiger partial charge in [0.05, 0.1) is 0 Å². The topological polar surface area (TPSA) is 0 Å². The molecule has 0 bridgehead atoms. The van der Waals surface area contributed by atoms with Gasteiger partial charge in [-0.05, 0) is 0 Å². The molecule has 3 unspecified atom stereocenters. The number of hydrogen-bond donors (Lipinski definition) is 0. The van der Waals surface area contributed by atoms with Crippen LogP contribution in [0.5, 0.6) is 0 Å². The van der Waals surface area contributed by atoms with E-state index in [9.17, 15) is 0 Å². The molecule has 0 aliphatic heterocycles. The van der Waals surface area contributed by atoms with Crippen molar-refractivity contribution >= 4 is 35.8 Å². The van der Waals surface area contributed by atoms with Crippen molar-refractivity contribution in [3.63, 3.8) is 0 Å². The number of hydrogen-bond acceptors (Lipinski definition) is 0. The molecule has 3 aromatic carbocycles. The second kappa shape index (κ2) is 10.1. The number of benzene rings is 3. The summed E-state index contributed by atoms with van der Waals surface area (Å²) >= 11 is -4.23. The van der Waals surface area contributed by atoms with Crippen LogP contribution in [0.25, 0.3) is 12.2 Å². The van der Waals surface area contributed by atoms with Crippen molar-refractivity contribution in [3.8, 4) is 0 Å². The van der Waals surface area contributed by atoms with E-state index in [0.29, 0.717) is 9.54 Å². The van der Waals surface area contributed by atoms with Crippen molar-refractivity contribution in [1.82, 2.24) is 0 Å². The summed E-state index contributed by atoms with van der Waals surface area (Å²) in [6.07, 6.45) is 12.6. The third kappa shape index (κ3) is 4.64. The molecule has 2 aliphatic carbocycles. The summed E-state index contributed by atoms with van der Waals surface area (Å²) in [4.78, 5) is 0. The van der Waals surface area contributed by atoms with Crippen LogP contribution < -0.4 is 0 Å². The van der Waals surface area contributed by atoms with Crippen LogP contribution >= 0.6 is 17.0 Å². The molecule has 34 heavy (non-hydrogen) atoms. The van der Waals surface area contributed by atoms with E-state index in [1.54, 1.807) is 0 Å². The van der Waals surface area contributed by atoms with Gasteiger partial charge in [0.25, 0.3) is 0 Å². The normalized spacial score (nSPS) is 20.9. The van der Waals surface area contributed by atoms with E-state index in [4.69, 9.17) is 17.0 Å². The first-order chi connectivity index (χ1) is 16.5. The van der Waals surface area contributed by atoms with Gasteiger partial charge in [-0.15, -0.1) is 0 Å². The van der Waals surface area contributed by atoms with Crippen LogP contribution in [-0.2, 0) is 21.6 Å². The fourth-order valence-corrected chi connectivity index (χ4v) is 41.4. The summed E-state index contributed by atoms with van der Waals surface area (Å²) in [6, 6.07) is 29.5. The zero-order valence-corrected chi connectivity index (χ0v) is 25.2. The third-order valence-corrected chi connectivity index (χ3v) is 48.2. The van der Waals surface area contributed by atoms with Crippen LogP contribution in [0, 0.1) is 0 Å². The summed E-state index contributed by atoms with van der Waals surface area (Å²) in [5, 5.41) is 0. The van der Waals surface area contributed by atoms with Gasteiger partial charge in [0.15, 0.2) is 0 Å². The van der Waals surface area contributed by atoms with Crippen LogP contribution in [0.3, 0.4) is 0 Å². The first-order valence-electron chi connectivity index (χ1n) is 12.6. The van der Waals surface area contributed by atoms with Gasteiger partial charge in [0.1, 0.15) is 0 Å². The Morgan fingerprint density at radius 1 is 0.794 bits per heavy atom. The Labute approximate surface area is 214 Å². The first-order valence-corrected chi connectivity index (χ1v) is 28.7. The predicted octanol–water partition coefficient (Wildman–Crippen LogP) is 8.83. The molecule has 0 fully saturated rings. The first kappa shape index (κ1) is 24.5. The summed E-state index contributed by atoms with van der Waals surface area (Å²) in [5.41, 5.74) is 6.92. The van der Waals surface area contributed by atoms with Gasteiger partial charge in [0.2, 0.25) is 0 Å². The molecule has 175 valence electrons. The minimum absolute atomic E-state index is 0.243. The number of rotatable bonds is 9. The van der Waals surface area contributed by atoms with Gasteiger partial charge in [-0.3, -0.25) is 0 Å². The monoisotopic (exact) mass is 581 g/mol. The molecule has 5 rings (SSSR count). The number of allylic oxidation sites excluding steroid dienone is 2. The molecule has 0 amide bonds. The second-order valence-corrected chi connectivity index (χ2v) is 51.0. The summed E-state index contributed by atoms with van der Waals surface area (Å²) in [7, 11) is 16.2. The standard InChI is InChI=1S/C14H17.C9H7.C7H9Si.2ClH.Zr/c1-2-3-4-7-12-10-11-13-8-5-6-9-14(12)13;1-2-5-9-7-3-6-8(9)4-1;8-6-7-4-2-1-3-5-7;;;/h3,5-6,8-12H,2,4,7H2,1H3;1-7H;1-5H,6,8H2;2*1H;/q;;;;;+2/p-2. The van der Waals surface area contributed by atoms with Gasteiger partial charge in [-0.2, -0.15) is 0 Å². The van der Waals surface area contributed by atoms with E-state index in [0.717, 1.165) is 25.3 Å². The van der Waals surface area contributed by atoms with Crippen molar-refractivity contribution in [2.24, 2.45) is 0 Å². The molecule has 3 atom stereocenters. The summed E-state index contributed by atoms with van der Waals surface area (Å²) in [6.45, 7) is 1.60. The Balaban J connectivity index is 1.45. The summed E-state index contributed by atoms with van der Waals surface area (Å²) in [5.74, 6) is 0.486. The number of halogens is 2. The molecule has 0 saturated carbocycles. The van der Waals surface area contributed by atoms with Crippen molar-refractivity contribution in [3.05, 3.63) is 119 Å². The maximum absolute atomic E-state index is 8.10. The van der Waals surface area contributed by atoms with Crippen molar-refractivity contribution < 1.29 is 15.6 Å². The average molecular weight is 584 g/mol. The molecule has 2 aliphatic rings. The van der Waals surface area contributed by atoms with Crippen LogP contribution in [0.15, 0.2) is 91.0 Å². The zero-order chi connectivity index (χ0) is 23.6. The molecule has 0 saturated heterocycles. The average Bonchev–Trinajstić information content (AvgIpc) is 3.49. The molecule has 0 radical (unpaired) electrons. The van der Waals surface area contributed by atoms with E-state index < -0.39 is 22.2 Å². The van der Waals surface area contributed by atoms with E-state index in [2.05, 4.69) is 110 Å². The summed E-state index contributed by atoms with van der Waals surface area (Å²) < 4.78 is 0.676. The van der Waals surface area contributed by atoms with Crippen molar-refractivity contribution in [1.29, 1.82) is 0 Å². The van der Waals surface area contributed by atoms with Gasteiger partial charge in [-0.1, -0.05) is 0 Å². The quantitative estimate of drug-likeness (QED) is 0.221. The van der Waals surface area contributed by atoms with E-state index in [1.165, 1.54) is 27.8 Å². The maximum atomic E-state index is 8.10. The van der Waals surface area contributed by atoms with Gasteiger partial charge < -0.3 is 0 Å². The number of fused-ring (bicyclic) bond motifs is 2. The molecule has 3 aromatic rings. The van der Waals surface area contributed by atoms with Gasteiger partial charge in [-0.25, -0.2) is 0 Å². The molecule has 0 nitrogen and oxygen atoms in total. The molecule has 0 spiro atoms. The minimum atomic E-state index is -4.23. The second-order valence-electron chi connectivity index (χ2n) is 10.1. The Bertz CT molecular complexity index is 1220. The molecule has 0 aromatic heterocycles. The van der Waals surface area contributed by atoms with Gasteiger partial charge in [0, 0.05) is 0 Å². The Hall–Kier alpha value is -1.18. The fraction of sp³-hybridized carbons (Fsp3) is 0.267. The van der Waals surface area contributed by atoms with E-state index in [1.807, 2.05) is 0 Å². The van der Waals surface area contributed by atoms with Crippen LogP contribution in [0.1, 0.15) is 63.5 Å². The van der Waals surface area contributed by atoms with E-state index in [-0.39, 0.29) is 3.63 Å². The Morgan fingerprint density at radius 2 is 1.41 bits per heavy atom. The molecule has 4 heteroatoms. The van der Waals surface area contributed by atoms with Gasteiger partial charge >= 0.3 is 216 Å². The van der Waals surface area contributed by atoms with Crippen LogP contribution in [0.4, 0.5) is 0 Å². The van der Waals surface area contributed by atoms with Crippen molar-refractivity contribution in [2.75, 3.05) is 0 Å². The molecule has 0 heterocycles. The van der Waals surface area contributed by atoms with Crippen LogP contribution in [-0.4, -0.2) is 6.65 Å². The Kier molecular flexibility index (Phi) is 7.25.